The van der Waals surface area contributed by atoms with E-state index in [-0.39, 0.29) is 28.9 Å². The molecule has 1 fully saturated rings. The van der Waals surface area contributed by atoms with Gasteiger partial charge in [0.1, 0.15) is 10.8 Å². The Bertz CT molecular complexity index is 1420. The van der Waals surface area contributed by atoms with Crippen LogP contribution in [0.4, 0.5) is 24.7 Å². The Balaban J connectivity index is 1.74. The van der Waals surface area contributed by atoms with E-state index in [1.807, 2.05) is 0 Å². The average Bonchev–Trinajstić information content (AvgIpc) is 3.22. The van der Waals surface area contributed by atoms with Crippen molar-refractivity contribution in [1.82, 2.24) is 14.8 Å². The van der Waals surface area contributed by atoms with Crippen molar-refractivity contribution >= 4 is 28.4 Å². The normalized spacial score (nSPS) is 20.2. The Morgan fingerprint density at radius 3 is 2.43 bits per heavy atom. The number of carboxylic acids is 1. The summed E-state index contributed by atoms with van der Waals surface area (Å²) in [4.78, 5) is 26.9. The molecule has 9 nitrogen and oxygen atoms in total. The number of carbonyl (C=O) groups is 1. The molecule has 1 aliphatic rings. The zero-order chi connectivity index (χ0) is 27.2. The standard InChI is InChI=1S/C25H26F3N5O4/c1-23(2,22(35)36)24(37,25(26,27)28)15-7-9-16(10-8-15)31-20-19-18(11-12-30-21(19)34)33(32-20)17-6-4-3-5-14(17)13-29/h7-12,14,17,37H,3-6H2,1-2H3,(H,30,34)(H,31,32)(H,35,36)/t14-,17+,24?/m1/s1. The van der Waals surface area contributed by atoms with Gasteiger partial charge < -0.3 is 20.5 Å². The molecule has 0 spiro atoms. The van der Waals surface area contributed by atoms with Crippen molar-refractivity contribution < 1.29 is 28.2 Å². The van der Waals surface area contributed by atoms with Crippen molar-refractivity contribution in [3.05, 3.63) is 52.4 Å². The van der Waals surface area contributed by atoms with Crippen LogP contribution in [0.15, 0.2) is 41.3 Å². The van der Waals surface area contributed by atoms with Crippen LogP contribution in [0.5, 0.6) is 0 Å². The maximum absolute atomic E-state index is 13.9. The van der Waals surface area contributed by atoms with Crippen LogP contribution in [-0.4, -0.2) is 37.1 Å². The lowest BCUT2D eigenvalue weighted by Crippen LogP contribution is -2.56. The van der Waals surface area contributed by atoms with Crippen LogP contribution >= 0.6 is 0 Å². The molecule has 0 saturated heterocycles. The number of hydrogen-bond donors (Lipinski definition) is 4. The van der Waals surface area contributed by atoms with E-state index in [1.165, 1.54) is 18.3 Å². The smallest absolute Gasteiger partial charge is 0.422 e. The number of aliphatic hydroxyl groups is 1. The quantitative estimate of drug-likeness (QED) is 0.375. The Kier molecular flexibility index (Phi) is 6.54. The summed E-state index contributed by atoms with van der Waals surface area (Å²) >= 11 is 0. The van der Waals surface area contributed by atoms with E-state index in [4.69, 9.17) is 0 Å². The molecule has 1 aliphatic carbocycles. The fraction of sp³-hybridized carbons (Fsp3) is 0.440. The van der Waals surface area contributed by atoms with E-state index in [0.717, 1.165) is 38.8 Å². The summed E-state index contributed by atoms with van der Waals surface area (Å²) in [6.45, 7) is 1.61. The molecule has 4 N–H and O–H groups in total. The second kappa shape index (κ2) is 9.23. The fourth-order valence-corrected chi connectivity index (χ4v) is 4.96. The van der Waals surface area contributed by atoms with E-state index in [9.17, 15) is 38.2 Å². The van der Waals surface area contributed by atoms with Gasteiger partial charge >= 0.3 is 12.1 Å². The first kappa shape index (κ1) is 26.2. The number of benzene rings is 1. The summed E-state index contributed by atoms with van der Waals surface area (Å²) in [5.41, 5.74) is -6.54. The highest BCUT2D eigenvalue weighted by Gasteiger charge is 2.66. The van der Waals surface area contributed by atoms with E-state index >= 15 is 0 Å². The topological polar surface area (TPSA) is 144 Å². The number of rotatable bonds is 6. The van der Waals surface area contributed by atoms with Crippen molar-refractivity contribution in [3.63, 3.8) is 0 Å². The molecule has 0 radical (unpaired) electrons. The van der Waals surface area contributed by atoms with Gasteiger partial charge in [-0.1, -0.05) is 25.0 Å². The molecule has 37 heavy (non-hydrogen) atoms. The molecule has 2 aromatic heterocycles. The number of nitrogens with one attached hydrogen (secondary N) is 2. The molecular formula is C25H26F3N5O4. The third-order valence-corrected chi connectivity index (χ3v) is 7.25. The first-order valence-corrected chi connectivity index (χ1v) is 11.7. The van der Waals surface area contributed by atoms with Crippen LogP contribution in [-0.2, 0) is 10.4 Å². The van der Waals surface area contributed by atoms with E-state index < -0.39 is 34.3 Å². The number of carboxylic acid groups (broad SMARTS) is 1. The average molecular weight is 518 g/mol. The van der Waals surface area contributed by atoms with Crippen molar-refractivity contribution in [2.75, 3.05) is 5.32 Å². The minimum absolute atomic E-state index is 0.156. The predicted octanol–water partition coefficient (Wildman–Crippen LogP) is 4.58. The van der Waals surface area contributed by atoms with Crippen LogP contribution in [0.2, 0.25) is 0 Å². The highest BCUT2D eigenvalue weighted by Crippen LogP contribution is 2.51. The van der Waals surface area contributed by atoms with Crippen molar-refractivity contribution in [2.24, 2.45) is 11.3 Å². The van der Waals surface area contributed by atoms with Gasteiger partial charge in [-0.3, -0.25) is 14.3 Å². The number of pyridine rings is 1. The van der Waals surface area contributed by atoms with Crippen LogP contribution in [0.25, 0.3) is 10.9 Å². The van der Waals surface area contributed by atoms with Gasteiger partial charge in [0, 0.05) is 11.9 Å². The number of H-pyrrole nitrogens is 1. The third-order valence-electron chi connectivity index (χ3n) is 7.25. The van der Waals surface area contributed by atoms with Gasteiger partial charge in [-0.2, -0.15) is 23.5 Å². The summed E-state index contributed by atoms with van der Waals surface area (Å²) in [5.74, 6) is -1.94. The molecule has 3 aromatic rings. The molecule has 1 saturated carbocycles. The van der Waals surface area contributed by atoms with Crippen molar-refractivity contribution in [3.8, 4) is 6.07 Å². The maximum atomic E-state index is 13.9. The lowest BCUT2D eigenvalue weighted by atomic mass is 9.70. The summed E-state index contributed by atoms with van der Waals surface area (Å²) in [7, 11) is 0. The molecule has 0 amide bonds. The van der Waals surface area contributed by atoms with Crippen molar-refractivity contribution in [1.29, 1.82) is 5.26 Å². The number of halogens is 3. The maximum Gasteiger partial charge on any atom is 0.422 e. The van der Waals surface area contributed by atoms with Crippen LogP contribution in [0.1, 0.15) is 51.1 Å². The molecule has 4 rings (SSSR count). The molecule has 1 unspecified atom stereocenters. The predicted molar refractivity (Wildman–Crippen MR) is 128 cm³/mol. The number of alkyl halides is 3. The minimum atomic E-state index is -5.27. The Hall–Kier alpha value is -3.85. The number of hydrogen-bond acceptors (Lipinski definition) is 6. The highest BCUT2D eigenvalue weighted by molar-refractivity contribution is 5.91. The molecule has 0 aliphatic heterocycles. The Labute approximate surface area is 209 Å². The second-order valence-electron chi connectivity index (χ2n) is 9.79. The van der Waals surface area contributed by atoms with Gasteiger partial charge in [0.15, 0.2) is 5.82 Å². The van der Waals surface area contributed by atoms with Gasteiger partial charge in [-0.05, 0) is 50.5 Å². The Morgan fingerprint density at radius 1 is 1.19 bits per heavy atom. The zero-order valence-corrected chi connectivity index (χ0v) is 20.1. The minimum Gasteiger partial charge on any atom is -0.481 e. The SMILES string of the molecule is CC(C)(C(=O)O)C(O)(c1ccc(Nc2nn([C@H]3CCCC[C@@H]3C#N)c3cc[nH]c(=O)c23)cc1)C(F)(F)F. The largest absolute Gasteiger partial charge is 0.481 e. The third kappa shape index (κ3) is 4.23. The molecule has 3 atom stereocenters. The van der Waals surface area contributed by atoms with Gasteiger partial charge in [-0.25, -0.2) is 0 Å². The van der Waals surface area contributed by atoms with E-state index in [2.05, 4.69) is 21.5 Å². The summed E-state index contributed by atoms with van der Waals surface area (Å²) in [5, 5.41) is 37.4. The summed E-state index contributed by atoms with van der Waals surface area (Å²) in [6.07, 6.45) is -0.533. The first-order valence-electron chi connectivity index (χ1n) is 11.7. The molecule has 196 valence electrons. The number of aromatic amines is 1. The lowest BCUT2D eigenvalue weighted by molar-refractivity contribution is -0.302. The first-order chi connectivity index (χ1) is 17.3. The van der Waals surface area contributed by atoms with Crippen LogP contribution < -0.4 is 10.9 Å². The summed E-state index contributed by atoms with van der Waals surface area (Å²) < 4.78 is 43.5. The van der Waals surface area contributed by atoms with Gasteiger partial charge in [0.05, 0.1) is 23.5 Å². The molecule has 0 bridgehead atoms. The second-order valence-corrected chi connectivity index (χ2v) is 9.79. The van der Waals surface area contributed by atoms with Gasteiger partial charge in [0.25, 0.3) is 5.56 Å². The summed E-state index contributed by atoms with van der Waals surface area (Å²) in [6, 6.07) is 8.21. The van der Waals surface area contributed by atoms with Crippen molar-refractivity contribution in [2.45, 2.75) is 57.3 Å². The van der Waals surface area contributed by atoms with E-state index in [0.29, 0.717) is 18.4 Å². The number of fused-ring (bicyclic) bond motifs is 1. The molecule has 2 heterocycles. The number of nitriles is 1. The highest BCUT2D eigenvalue weighted by atomic mass is 19.4. The lowest BCUT2D eigenvalue weighted by Gasteiger charge is -2.41. The fourth-order valence-electron chi connectivity index (χ4n) is 4.96. The number of aliphatic carboxylic acids is 1. The molecule has 1 aromatic carbocycles. The number of aromatic nitrogens is 3. The van der Waals surface area contributed by atoms with Gasteiger partial charge in [0.2, 0.25) is 5.60 Å². The van der Waals surface area contributed by atoms with E-state index in [1.54, 1.807) is 10.7 Å². The van der Waals surface area contributed by atoms with Gasteiger partial charge in [-0.15, -0.1) is 0 Å². The van der Waals surface area contributed by atoms with Crippen LogP contribution in [0, 0.1) is 22.7 Å². The number of nitrogens with zero attached hydrogens (tertiary/aromatic N) is 3. The van der Waals surface area contributed by atoms with Crippen LogP contribution in [0.3, 0.4) is 0 Å². The number of anilines is 2. The monoisotopic (exact) mass is 517 g/mol. The Morgan fingerprint density at radius 2 is 1.84 bits per heavy atom. The zero-order valence-electron chi connectivity index (χ0n) is 20.1. The molecular weight excluding hydrogens is 491 g/mol. The molecule has 12 heteroatoms.